The Labute approximate surface area is 201 Å². The summed E-state index contributed by atoms with van der Waals surface area (Å²) in [4.78, 5) is 53.7. The molecule has 8 heteroatoms. The summed E-state index contributed by atoms with van der Waals surface area (Å²) in [5.41, 5.74) is 1.98. The molecule has 1 aliphatic heterocycles. The number of anilines is 1. The Kier molecular flexibility index (Phi) is 7.01. The minimum atomic E-state index is -1.01. The predicted octanol–water partition coefficient (Wildman–Crippen LogP) is 3.52. The number of methoxy groups -OCH3 is 1. The molecule has 1 atom stereocenters. The van der Waals surface area contributed by atoms with E-state index >= 15 is 0 Å². The van der Waals surface area contributed by atoms with Gasteiger partial charge in [-0.15, -0.1) is 0 Å². The summed E-state index contributed by atoms with van der Waals surface area (Å²) in [7, 11) is 1.26. The lowest BCUT2D eigenvalue weighted by atomic mass is 10.1. The minimum Gasteiger partial charge on any atom is -0.465 e. The Morgan fingerprint density at radius 2 is 1.60 bits per heavy atom. The second-order valence-electron chi connectivity index (χ2n) is 8.14. The molecule has 178 valence electrons. The van der Waals surface area contributed by atoms with Crippen LogP contribution in [0.5, 0.6) is 0 Å². The highest BCUT2D eigenvalue weighted by atomic mass is 19.1. The maximum atomic E-state index is 13.4. The fraction of sp³-hybridized carbons (Fsp3) is 0.185. The number of esters is 1. The second kappa shape index (κ2) is 10.3. The molecule has 3 aromatic rings. The molecule has 3 aromatic carbocycles. The fourth-order valence-corrected chi connectivity index (χ4v) is 4.03. The van der Waals surface area contributed by atoms with Gasteiger partial charge in [0.05, 0.1) is 31.2 Å². The third kappa shape index (κ3) is 5.27. The number of amides is 3. The quantitative estimate of drug-likeness (QED) is 0.387. The summed E-state index contributed by atoms with van der Waals surface area (Å²) >= 11 is 0. The first-order chi connectivity index (χ1) is 16.9. The van der Waals surface area contributed by atoms with Gasteiger partial charge in [0, 0.05) is 6.54 Å². The first kappa shape index (κ1) is 23.8. The largest absolute Gasteiger partial charge is 0.465 e. The minimum absolute atomic E-state index is 0.0464. The van der Waals surface area contributed by atoms with E-state index in [1.165, 1.54) is 48.4 Å². The maximum absolute atomic E-state index is 13.4. The van der Waals surface area contributed by atoms with Crippen molar-refractivity contribution in [2.24, 2.45) is 0 Å². The van der Waals surface area contributed by atoms with Gasteiger partial charge in [-0.25, -0.2) is 14.1 Å². The Morgan fingerprint density at radius 1 is 0.943 bits per heavy atom. The number of carbonyl (C=O) groups excluding carboxylic acids is 4. The summed E-state index contributed by atoms with van der Waals surface area (Å²) < 4.78 is 18.1. The molecule has 0 N–H and O–H groups in total. The Morgan fingerprint density at radius 3 is 2.23 bits per heavy atom. The predicted molar refractivity (Wildman–Crippen MR) is 126 cm³/mol. The van der Waals surface area contributed by atoms with Crippen LogP contribution in [-0.2, 0) is 32.1 Å². The Bertz CT molecular complexity index is 1240. The molecule has 0 bridgehead atoms. The second-order valence-corrected chi connectivity index (χ2v) is 8.14. The summed E-state index contributed by atoms with van der Waals surface area (Å²) in [5.74, 6) is -2.27. The number of hydrogen-bond donors (Lipinski definition) is 0. The molecule has 1 unspecified atom stereocenters. The number of nitrogens with zero attached hydrogens (tertiary/aromatic N) is 2. The normalized spacial score (nSPS) is 15.3. The molecule has 1 fully saturated rings. The van der Waals surface area contributed by atoms with Crippen LogP contribution in [0.4, 0.5) is 10.1 Å². The van der Waals surface area contributed by atoms with Crippen LogP contribution in [0.25, 0.3) is 0 Å². The fourth-order valence-electron chi connectivity index (χ4n) is 4.03. The Hall–Kier alpha value is -4.33. The highest BCUT2D eigenvalue weighted by molar-refractivity contribution is 6.23. The van der Waals surface area contributed by atoms with Crippen molar-refractivity contribution in [1.82, 2.24) is 4.90 Å². The van der Waals surface area contributed by atoms with E-state index in [1.807, 2.05) is 30.3 Å². The van der Waals surface area contributed by atoms with Gasteiger partial charge in [0.1, 0.15) is 11.9 Å². The van der Waals surface area contributed by atoms with E-state index in [-0.39, 0.29) is 30.9 Å². The molecule has 0 aliphatic carbocycles. The van der Waals surface area contributed by atoms with Gasteiger partial charge >= 0.3 is 5.97 Å². The highest BCUT2D eigenvalue weighted by Gasteiger charge is 2.44. The molecular formula is C27H23FN2O5. The van der Waals surface area contributed by atoms with Crippen LogP contribution in [0.15, 0.2) is 78.9 Å². The van der Waals surface area contributed by atoms with Crippen molar-refractivity contribution in [3.05, 3.63) is 101 Å². The van der Waals surface area contributed by atoms with Gasteiger partial charge in [-0.3, -0.25) is 14.4 Å². The summed E-state index contributed by atoms with van der Waals surface area (Å²) in [5, 5.41) is 0. The molecule has 0 aromatic heterocycles. The van der Waals surface area contributed by atoms with Gasteiger partial charge in [-0.05, 0) is 47.5 Å². The average molecular weight is 474 g/mol. The van der Waals surface area contributed by atoms with E-state index in [1.54, 1.807) is 12.1 Å². The molecular weight excluding hydrogens is 451 g/mol. The molecule has 0 spiro atoms. The van der Waals surface area contributed by atoms with E-state index in [4.69, 9.17) is 0 Å². The number of carbonyl (C=O) groups is 4. The van der Waals surface area contributed by atoms with Crippen molar-refractivity contribution < 1.29 is 28.3 Å². The maximum Gasteiger partial charge on any atom is 0.337 e. The van der Waals surface area contributed by atoms with Crippen LogP contribution >= 0.6 is 0 Å². The number of halogens is 1. The molecule has 0 radical (unpaired) electrons. The topological polar surface area (TPSA) is 84.0 Å². The first-order valence-corrected chi connectivity index (χ1v) is 11.0. The van der Waals surface area contributed by atoms with E-state index < -0.39 is 29.6 Å². The SMILES string of the molecule is COC(=O)c1ccc(N2C(=O)CC(N(Cc3ccc(F)cc3)C(=O)Cc3ccccc3)C2=O)cc1. The molecule has 3 amide bonds. The summed E-state index contributed by atoms with van der Waals surface area (Å²) in [6.07, 6.45) is -0.132. The molecule has 1 aliphatic rings. The molecule has 4 rings (SSSR count). The van der Waals surface area contributed by atoms with E-state index in [2.05, 4.69) is 4.74 Å². The van der Waals surface area contributed by atoms with Crippen LogP contribution in [0.2, 0.25) is 0 Å². The van der Waals surface area contributed by atoms with Crippen LogP contribution < -0.4 is 4.90 Å². The van der Waals surface area contributed by atoms with E-state index in [0.29, 0.717) is 11.3 Å². The lowest BCUT2D eigenvalue weighted by Gasteiger charge is -2.28. The number of rotatable bonds is 7. The van der Waals surface area contributed by atoms with E-state index in [9.17, 15) is 23.6 Å². The average Bonchev–Trinajstić information content (AvgIpc) is 3.17. The first-order valence-electron chi connectivity index (χ1n) is 11.0. The smallest absolute Gasteiger partial charge is 0.337 e. The zero-order valence-corrected chi connectivity index (χ0v) is 19.0. The van der Waals surface area contributed by atoms with Gasteiger partial charge in [0.25, 0.3) is 5.91 Å². The summed E-state index contributed by atoms with van der Waals surface area (Å²) in [6.45, 7) is 0.0464. The van der Waals surface area contributed by atoms with Gasteiger partial charge in [-0.2, -0.15) is 0 Å². The lowest BCUT2D eigenvalue weighted by molar-refractivity contribution is -0.138. The Balaban J connectivity index is 1.61. The lowest BCUT2D eigenvalue weighted by Crippen LogP contribution is -2.45. The van der Waals surface area contributed by atoms with Crippen LogP contribution in [0, 0.1) is 5.82 Å². The standard InChI is InChI=1S/C27H23FN2O5/c1-35-27(34)20-9-13-22(14-10-20)30-25(32)16-23(26(30)33)29(17-19-7-11-21(28)12-8-19)24(31)15-18-5-3-2-4-6-18/h2-14,23H,15-17H2,1H3. The molecule has 7 nitrogen and oxygen atoms in total. The van der Waals surface area contributed by atoms with Gasteiger partial charge in [0.2, 0.25) is 11.8 Å². The van der Waals surface area contributed by atoms with Gasteiger partial charge in [0.15, 0.2) is 0 Å². The zero-order valence-electron chi connectivity index (χ0n) is 19.0. The molecule has 1 heterocycles. The third-order valence-corrected chi connectivity index (χ3v) is 5.83. The van der Waals surface area contributed by atoms with Crippen molar-refractivity contribution in [3.8, 4) is 0 Å². The monoisotopic (exact) mass is 474 g/mol. The highest BCUT2D eigenvalue weighted by Crippen LogP contribution is 2.28. The van der Waals surface area contributed by atoms with Crippen molar-refractivity contribution >= 4 is 29.4 Å². The number of hydrogen-bond acceptors (Lipinski definition) is 5. The third-order valence-electron chi connectivity index (χ3n) is 5.83. The van der Waals surface area contributed by atoms with Crippen molar-refractivity contribution in [2.75, 3.05) is 12.0 Å². The van der Waals surface area contributed by atoms with Gasteiger partial charge in [-0.1, -0.05) is 42.5 Å². The van der Waals surface area contributed by atoms with Crippen LogP contribution in [0.3, 0.4) is 0 Å². The number of imide groups is 1. The number of benzene rings is 3. The summed E-state index contributed by atoms with van der Waals surface area (Å²) in [6, 6.07) is 19.6. The zero-order chi connectivity index (χ0) is 24.9. The van der Waals surface area contributed by atoms with Crippen molar-refractivity contribution in [1.29, 1.82) is 0 Å². The van der Waals surface area contributed by atoms with Crippen LogP contribution in [-0.4, -0.2) is 41.7 Å². The van der Waals surface area contributed by atoms with Crippen LogP contribution in [0.1, 0.15) is 27.9 Å². The van der Waals surface area contributed by atoms with E-state index in [0.717, 1.165) is 10.5 Å². The number of ether oxygens (including phenoxy) is 1. The molecule has 1 saturated heterocycles. The van der Waals surface area contributed by atoms with Crippen molar-refractivity contribution in [3.63, 3.8) is 0 Å². The van der Waals surface area contributed by atoms with Crippen molar-refractivity contribution in [2.45, 2.75) is 25.4 Å². The molecule has 0 saturated carbocycles. The molecule has 35 heavy (non-hydrogen) atoms. The van der Waals surface area contributed by atoms with Gasteiger partial charge < -0.3 is 9.64 Å².